The quantitative estimate of drug-likeness (QED) is 0.739. The molecule has 0 radical (unpaired) electrons. The summed E-state index contributed by atoms with van der Waals surface area (Å²) in [7, 11) is 6.71. The van der Waals surface area contributed by atoms with Gasteiger partial charge in [-0.15, -0.1) is 0 Å². The van der Waals surface area contributed by atoms with Crippen LogP contribution in [0.25, 0.3) is 0 Å². The summed E-state index contributed by atoms with van der Waals surface area (Å²) >= 11 is 0. The maximum absolute atomic E-state index is 3.84. The Morgan fingerprint density at radius 1 is 1.25 bits per heavy atom. The third kappa shape index (κ3) is 5.34. The lowest BCUT2D eigenvalue weighted by Gasteiger charge is -2.37. The monoisotopic (exact) mass is 283 g/mol. The lowest BCUT2D eigenvalue weighted by atomic mass is 9.90. The van der Waals surface area contributed by atoms with Crippen molar-refractivity contribution in [2.45, 2.75) is 58.5 Å². The first kappa shape index (κ1) is 17.9. The van der Waals surface area contributed by atoms with E-state index in [2.05, 4.69) is 57.0 Å². The minimum absolute atomic E-state index is 0.634. The molecule has 0 aromatic heterocycles. The highest BCUT2D eigenvalue weighted by Gasteiger charge is 2.25. The van der Waals surface area contributed by atoms with E-state index in [0.717, 1.165) is 18.4 Å². The lowest BCUT2D eigenvalue weighted by Crippen LogP contribution is -2.49. The van der Waals surface area contributed by atoms with Gasteiger partial charge >= 0.3 is 0 Å². The number of likely N-dealkylation sites (tertiary alicyclic amines) is 1. The van der Waals surface area contributed by atoms with Gasteiger partial charge in [0.05, 0.1) is 0 Å². The van der Waals surface area contributed by atoms with Crippen LogP contribution in [0.3, 0.4) is 0 Å². The molecule has 0 aromatic rings. The largest absolute Gasteiger partial charge is 0.312 e. The molecule has 3 atom stereocenters. The summed E-state index contributed by atoms with van der Waals surface area (Å²) in [5.41, 5.74) is 0. The first-order chi connectivity index (χ1) is 9.49. The molecule has 1 fully saturated rings. The first-order valence-corrected chi connectivity index (χ1v) is 8.57. The molecular weight excluding hydrogens is 246 g/mol. The highest BCUT2D eigenvalue weighted by Crippen LogP contribution is 2.20. The minimum Gasteiger partial charge on any atom is -0.312 e. The molecule has 3 nitrogen and oxygen atoms in total. The molecule has 1 aliphatic rings. The van der Waals surface area contributed by atoms with Gasteiger partial charge in [0.25, 0.3) is 0 Å². The first-order valence-electron chi connectivity index (χ1n) is 8.57. The van der Waals surface area contributed by atoms with E-state index in [1.807, 2.05) is 0 Å². The number of hydrogen-bond donors (Lipinski definition) is 1. The van der Waals surface area contributed by atoms with Crippen LogP contribution in [-0.4, -0.2) is 62.7 Å². The topological polar surface area (TPSA) is 18.5 Å². The van der Waals surface area contributed by atoms with Gasteiger partial charge in [0, 0.05) is 25.2 Å². The maximum atomic E-state index is 3.84. The van der Waals surface area contributed by atoms with Crippen molar-refractivity contribution in [3.63, 3.8) is 0 Å². The van der Waals surface area contributed by atoms with Crippen molar-refractivity contribution in [2.24, 2.45) is 11.8 Å². The molecular formula is C17H37N3. The fourth-order valence-corrected chi connectivity index (χ4v) is 3.69. The van der Waals surface area contributed by atoms with E-state index in [1.54, 1.807) is 0 Å². The number of likely N-dealkylation sites (N-methyl/N-ethyl adjacent to an activating group) is 1. The maximum Gasteiger partial charge on any atom is 0.0242 e. The van der Waals surface area contributed by atoms with Gasteiger partial charge in [-0.3, -0.25) is 0 Å². The van der Waals surface area contributed by atoms with Gasteiger partial charge in [-0.2, -0.15) is 0 Å². The van der Waals surface area contributed by atoms with E-state index in [1.165, 1.54) is 38.8 Å². The zero-order valence-electron chi connectivity index (χ0n) is 14.7. The number of nitrogens with zero attached hydrogens (tertiary/aromatic N) is 2. The average Bonchev–Trinajstić information content (AvgIpc) is 2.42. The molecule has 1 aliphatic heterocycles. The van der Waals surface area contributed by atoms with E-state index in [0.29, 0.717) is 12.1 Å². The van der Waals surface area contributed by atoms with Crippen LogP contribution >= 0.6 is 0 Å². The minimum atomic E-state index is 0.634. The molecule has 3 unspecified atom stereocenters. The summed E-state index contributed by atoms with van der Waals surface area (Å²) < 4.78 is 0. The van der Waals surface area contributed by atoms with Crippen LogP contribution in [-0.2, 0) is 0 Å². The van der Waals surface area contributed by atoms with Crippen LogP contribution < -0.4 is 5.32 Å². The van der Waals surface area contributed by atoms with Crippen molar-refractivity contribution < 1.29 is 0 Å². The Kier molecular flexibility index (Phi) is 8.08. The lowest BCUT2D eigenvalue weighted by molar-refractivity contribution is 0.156. The van der Waals surface area contributed by atoms with Crippen LogP contribution in [0.2, 0.25) is 0 Å². The fourth-order valence-electron chi connectivity index (χ4n) is 3.69. The van der Waals surface area contributed by atoms with Crippen LogP contribution in [0.4, 0.5) is 0 Å². The third-order valence-electron chi connectivity index (χ3n) is 5.27. The molecule has 0 aromatic carbocycles. The van der Waals surface area contributed by atoms with Crippen LogP contribution in [0, 0.1) is 11.8 Å². The summed E-state index contributed by atoms with van der Waals surface area (Å²) in [6.07, 6.45) is 5.30. The molecule has 1 heterocycles. The molecule has 1 saturated heterocycles. The van der Waals surface area contributed by atoms with E-state index >= 15 is 0 Å². The number of hydrogen-bond acceptors (Lipinski definition) is 3. The zero-order valence-corrected chi connectivity index (χ0v) is 14.7. The van der Waals surface area contributed by atoms with Gasteiger partial charge in [-0.25, -0.2) is 0 Å². The van der Waals surface area contributed by atoms with Crippen molar-refractivity contribution in [2.75, 3.05) is 40.8 Å². The van der Waals surface area contributed by atoms with Crippen LogP contribution in [0.15, 0.2) is 0 Å². The molecule has 120 valence electrons. The molecule has 1 N–H and O–H groups in total. The molecule has 20 heavy (non-hydrogen) atoms. The van der Waals surface area contributed by atoms with Gasteiger partial charge in [-0.05, 0) is 59.3 Å². The average molecular weight is 284 g/mol. The molecule has 0 bridgehead atoms. The fraction of sp³-hybridized carbons (Fsp3) is 1.00. The number of piperidine rings is 1. The summed E-state index contributed by atoms with van der Waals surface area (Å²) in [5.74, 6) is 1.62. The second kappa shape index (κ2) is 9.01. The predicted molar refractivity (Wildman–Crippen MR) is 89.2 cm³/mol. The Hall–Kier alpha value is -0.120. The van der Waals surface area contributed by atoms with E-state index in [9.17, 15) is 0 Å². The Balaban J connectivity index is 2.45. The van der Waals surface area contributed by atoms with Crippen molar-refractivity contribution in [1.82, 2.24) is 15.1 Å². The molecule has 0 saturated carbocycles. The summed E-state index contributed by atoms with van der Waals surface area (Å²) in [4.78, 5) is 4.89. The highest BCUT2D eigenvalue weighted by atomic mass is 15.1. The van der Waals surface area contributed by atoms with Crippen LogP contribution in [0.1, 0.15) is 46.5 Å². The molecule has 0 amide bonds. The Morgan fingerprint density at radius 3 is 2.40 bits per heavy atom. The zero-order chi connectivity index (χ0) is 15.1. The number of rotatable bonds is 8. The Morgan fingerprint density at radius 2 is 1.90 bits per heavy atom. The number of nitrogens with one attached hydrogen (secondary N) is 1. The SMILES string of the molecule is CCC(CC)C(CNC(C)C1CCCN(C)C1)N(C)C. The Bertz CT molecular complexity index is 251. The molecule has 0 aliphatic carbocycles. The van der Waals surface area contributed by atoms with E-state index in [4.69, 9.17) is 0 Å². The molecule has 0 spiro atoms. The van der Waals surface area contributed by atoms with E-state index < -0.39 is 0 Å². The van der Waals surface area contributed by atoms with Crippen molar-refractivity contribution >= 4 is 0 Å². The van der Waals surface area contributed by atoms with Crippen molar-refractivity contribution in [3.8, 4) is 0 Å². The Labute approximate surface area is 127 Å². The molecule has 1 rings (SSSR count). The predicted octanol–water partition coefficient (Wildman–Crippen LogP) is 2.67. The smallest absolute Gasteiger partial charge is 0.0242 e. The van der Waals surface area contributed by atoms with Crippen LogP contribution in [0.5, 0.6) is 0 Å². The van der Waals surface area contributed by atoms with Gasteiger partial charge < -0.3 is 15.1 Å². The standard InChI is InChI=1S/C17H37N3/c1-7-15(8-2)17(19(4)5)12-18-14(3)16-10-9-11-20(6)13-16/h14-18H,7-13H2,1-6H3. The van der Waals surface area contributed by atoms with E-state index in [-0.39, 0.29) is 0 Å². The van der Waals surface area contributed by atoms with Gasteiger partial charge in [-0.1, -0.05) is 26.7 Å². The third-order valence-corrected chi connectivity index (χ3v) is 5.27. The summed E-state index contributed by atoms with van der Waals surface area (Å²) in [6.45, 7) is 10.7. The second-order valence-electron chi connectivity index (χ2n) is 6.97. The van der Waals surface area contributed by atoms with Gasteiger partial charge in [0.2, 0.25) is 0 Å². The highest BCUT2D eigenvalue weighted by molar-refractivity contribution is 4.83. The molecule has 3 heteroatoms. The second-order valence-corrected chi connectivity index (χ2v) is 6.97. The van der Waals surface area contributed by atoms with Crippen molar-refractivity contribution in [1.29, 1.82) is 0 Å². The van der Waals surface area contributed by atoms with Gasteiger partial charge in [0.15, 0.2) is 0 Å². The van der Waals surface area contributed by atoms with Crippen molar-refractivity contribution in [3.05, 3.63) is 0 Å². The summed E-state index contributed by atoms with van der Waals surface area (Å²) in [5, 5.41) is 3.84. The normalized spacial score (nSPS) is 24.3. The summed E-state index contributed by atoms with van der Waals surface area (Å²) in [6, 6.07) is 1.29. The van der Waals surface area contributed by atoms with Gasteiger partial charge in [0.1, 0.15) is 0 Å².